The highest BCUT2D eigenvalue weighted by molar-refractivity contribution is 7.14. The van der Waals surface area contributed by atoms with E-state index in [4.69, 9.17) is 9.47 Å². The number of fused-ring (bicyclic) bond motifs is 1. The van der Waals surface area contributed by atoms with Gasteiger partial charge >= 0.3 is 5.91 Å². The molecule has 1 unspecified atom stereocenters. The quantitative estimate of drug-likeness (QED) is 0.190. The van der Waals surface area contributed by atoms with Crippen molar-refractivity contribution in [2.75, 3.05) is 18.6 Å². The lowest BCUT2D eigenvalue weighted by Gasteiger charge is -2.24. The van der Waals surface area contributed by atoms with Gasteiger partial charge in [-0.05, 0) is 49.1 Å². The lowest BCUT2D eigenvalue weighted by molar-refractivity contribution is -0.132. The third kappa shape index (κ3) is 4.41. The summed E-state index contributed by atoms with van der Waals surface area (Å²) in [5.41, 5.74) is 2.01. The topological polar surface area (TPSA) is 106 Å². The predicted molar refractivity (Wildman–Crippen MR) is 145 cm³/mol. The number of carbonyl (C=O) groups is 2. The van der Waals surface area contributed by atoms with E-state index in [2.05, 4.69) is 23.8 Å². The summed E-state index contributed by atoms with van der Waals surface area (Å²) in [7, 11) is 1.54. The molecule has 1 aromatic carbocycles. The van der Waals surface area contributed by atoms with Crippen LogP contribution in [0, 0.1) is 12.8 Å². The van der Waals surface area contributed by atoms with Gasteiger partial charge in [0.2, 0.25) is 0 Å². The highest BCUT2D eigenvalue weighted by Crippen LogP contribution is 2.45. The van der Waals surface area contributed by atoms with E-state index >= 15 is 0 Å². The fraction of sp³-hybridized carbons (Fsp3) is 0.286. The number of hydrogen-bond acceptors (Lipinski definition) is 8. The molecule has 1 N–H and O–H groups in total. The highest BCUT2D eigenvalue weighted by atomic mass is 32.1. The summed E-state index contributed by atoms with van der Waals surface area (Å²) in [5.74, 6) is -0.373. The molecule has 196 valence electrons. The first kappa shape index (κ1) is 25.5. The molecule has 1 amide bonds. The van der Waals surface area contributed by atoms with Crippen molar-refractivity contribution in [1.82, 2.24) is 14.4 Å². The zero-order chi connectivity index (χ0) is 27.0. The fourth-order valence-electron chi connectivity index (χ4n) is 4.58. The first-order valence-corrected chi connectivity index (χ1v) is 13.1. The number of Topliss-reactive ketones (excluding diaryl/α,β-unsaturated/α-hetero) is 1. The molecule has 4 heterocycles. The van der Waals surface area contributed by atoms with Gasteiger partial charge in [-0.25, -0.2) is 9.97 Å². The minimum absolute atomic E-state index is 0.0468. The van der Waals surface area contributed by atoms with E-state index in [1.165, 1.54) is 23.3 Å². The van der Waals surface area contributed by atoms with Gasteiger partial charge in [0.15, 0.2) is 22.4 Å². The number of aliphatic hydroxyl groups excluding tert-OH is 1. The fourth-order valence-corrected chi connectivity index (χ4v) is 5.25. The number of nitrogens with zero attached hydrogens (tertiary/aromatic N) is 4. The Morgan fingerprint density at radius 1 is 1.18 bits per heavy atom. The van der Waals surface area contributed by atoms with Crippen LogP contribution in [-0.4, -0.2) is 44.9 Å². The monoisotopic (exact) mass is 532 g/mol. The summed E-state index contributed by atoms with van der Waals surface area (Å²) < 4.78 is 13.2. The van der Waals surface area contributed by atoms with Crippen molar-refractivity contribution in [3.8, 4) is 11.5 Å². The molecule has 1 saturated heterocycles. The molecule has 1 atom stereocenters. The number of aliphatic hydroxyl groups is 1. The summed E-state index contributed by atoms with van der Waals surface area (Å²) in [6.07, 6.45) is 4.20. The first-order chi connectivity index (χ1) is 18.3. The van der Waals surface area contributed by atoms with Crippen LogP contribution in [0.3, 0.4) is 0 Å². The van der Waals surface area contributed by atoms with E-state index in [0.717, 1.165) is 6.42 Å². The van der Waals surface area contributed by atoms with Gasteiger partial charge < -0.3 is 14.6 Å². The number of carbonyl (C=O) groups excluding carboxylic acids is 2. The van der Waals surface area contributed by atoms with E-state index in [0.29, 0.717) is 51.8 Å². The number of anilines is 1. The van der Waals surface area contributed by atoms with E-state index in [1.807, 2.05) is 6.07 Å². The number of imidazole rings is 1. The van der Waals surface area contributed by atoms with Crippen LogP contribution in [-0.2, 0) is 9.59 Å². The van der Waals surface area contributed by atoms with E-state index in [-0.39, 0.29) is 11.3 Å². The minimum atomic E-state index is -0.937. The Bertz CT molecular complexity index is 1540. The molecule has 1 aliphatic heterocycles. The van der Waals surface area contributed by atoms with Crippen LogP contribution in [0.25, 0.3) is 11.4 Å². The predicted octanol–water partition coefficient (Wildman–Crippen LogP) is 5.16. The number of benzene rings is 1. The Labute approximate surface area is 224 Å². The number of methoxy groups -OCH3 is 1. The lowest BCUT2D eigenvalue weighted by atomic mass is 9.96. The minimum Gasteiger partial charge on any atom is -0.505 e. The molecule has 5 rings (SSSR count). The van der Waals surface area contributed by atoms with E-state index < -0.39 is 17.7 Å². The van der Waals surface area contributed by atoms with Crippen molar-refractivity contribution < 1.29 is 24.2 Å². The molecule has 3 aromatic heterocycles. The van der Waals surface area contributed by atoms with Crippen LogP contribution < -0.4 is 14.4 Å². The summed E-state index contributed by atoms with van der Waals surface area (Å²) >= 11 is 1.23. The molecule has 1 aliphatic rings. The number of thiazole rings is 1. The van der Waals surface area contributed by atoms with Gasteiger partial charge in [0.05, 0.1) is 31.0 Å². The van der Waals surface area contributed by atoms with E-state index in [9.17, 15) is 14.7 Å². The van der Waals surface area contributed by atoms with Crippen LogP contribution >= 0.6 is 11.3 Å². The number of aryl methyl sites for hydroxylation is 1. The number of pyridine rings is 1. The SMILES string of the molecule is COc1cc(C2C(=C(O)c3c(C)nc4ccccn34)C(=O)C(=O)N2c2nccs2)ccc1OCCC(C)C. The van der Waals surface area contributed by atoms with E-state index in [1.54, 1.807) is 59.4 Å². The molecular weight excluding hydrogens is 504 g/mol. The number of amides is 1. The van der Waals surface area contributed by atoms with Crippen molar-refractivity contribution >= 4 is 39.6 Å². The smallest absolute Gasteiger partial charge is 0.301 e. The molecule has 10 heteroatoms. The maximum Gasteiger partial charge on any atom is 0.301 e. The van der Waals surface area contributed by atoms with Crippen molar-refractivity contribution in [2.45, 2.75) is 33.2 Å². The van der Waals surface area contributed by atoms with Crippen LogP contribution in [0.15, 0.2) is 59.7 Å². The van der Waals surface area contributed by atoms with Crippen molar-refractivity contribution in [1.29, 1.82) is 0 Å². The number of rotatable bonds is 8. The average Bonchev–Trinajstić information content (AvgIpc) is 3.60. The third-order valence-electron chi connectivity index (χ3n) is 6.45. The third-order valence-corrected chi connectivity index (χ3v) is 7.23. The summed E-state index contributed by atoms with van der Waals surface area (Å²) in [6.45, 7) is 6.52. The Balaban J connectivity index is 1.67. The Hall–Kier alpha value is -4.18. The summed E-state index contributed by atoms with van der Waals surface area (Å²) in [6, 6.07) is 9.78. The van der Waals surface area contributed by atoms with Gasteiger partial charge in [-0.15, -0.1) is 11.3 Å². The Morgan fingerprint density at radius 3 is 2.71 bits per heavy atom. The number of aromatic nitrogens is 3. The summed E-state index contributed by atoms with van der Waals surface area (Å²) in [5, 5.41) is 13.7. The normalized spacial score (nSPS) is 17.1. The van der Waals surface area contributed by atoms with Gasteiger partial charge in [-0.2, -0.15) is 0 Å². The average molecular weight is 533 g/mol. The maximum absolute atomic E-state index is 13.5. The van der Waals surface area contributed by atoms with Gasteiger partial charge in [0, 0.05) is 17.8 Å². The van der Waals surface area contributed by atoms with Crippen molar-refractivity contribution in [3.63, 3.8) is 0 Å². The molecule has 9 nitrogen and oxygen atoms in total. The molecular formula is C28H28N4O5S. The Kier molecular flexibility index (Phi) is 6.90. The zero-order valence-electron chi connectivity index (χ0n) is 21.5. The number of hydrogen-bond donors (Lipinski definition) is 1. The molecule has 0 spiro atoms. The largest absolute Gasteiger partial charge is 0.505 e. The van der Waals surface area contributed by atoms with Crippen molar-refractivity contribution in [2.24, 2.45) is 5.92 Å². The molecule has 0 radical (unpaired) electrons. The number of ether oxygens (including phenoxy) is 2. The van der Waals surface area contributed by atoms with Gasteiger partial charge in [-0.1, -0.05) is 26.0 Å². The molecule has 38 heavy (non-hydrogen) atoms. The Morgan fingerprint density at radius 2 is 2.00 bits per heavy atom. The summed E-state index contributed by atoms with van der Waals surface area (Å²) in [4.78, 5) is 37.0. The molecule has 4 aromatic rings. The second-order valence-corrected chi connectivity index (χ2v) is 10.3. The number of ketones is 1. The lowest BCUT2D eigenvalue weighted by Crippen LogP contribution is -2.29. The van der Waals surface area contributed by atoms with Gasteiger partial charge in [0.25, 0.3) is 5.78 Å². The highest BCUT2D eigenvalue weighted by Gasteiger charge is 2.48. The molecule has 0 aliphatic carbocycles. The van der Waals surface area contributed by atoms with Crippen LogP contribution in [0.4, 0.5) is 5.13 Å². The van der Waals surface area contributed by atoms with Gasteiger partial charge in [0.1, 0.15) is 11.3 Å². The molecule has 0 saturated carbocycles. The maximum atomic E-state index is 13.5. The van der Waals surface area contributed by atoms with Crippen LogP contribution in [0.1, 0.15) is 43.3 Å². The second kappa shape index (κ2) is 10.3. The first-order valence-electron chi connectivity index (χ1n) is 12.3. The van der Waals surface area contributed by atoms with Crippen LogP contribution in [0.2, 0.25) is 0 Å². The zero-order valence-corrected chi connectivity index (χ0v) is 22.4. The van der Waals surface area contributed by atoms with Gasteiger partial charge in [-0.3, -0.25) is 18.9 Å². The van der Waals surface area contributed by atoms with Crippen molar-refractivity contribution in [3.05, 3.63) is 76.7 Å². The molecule has 1 fully saturated rings. The second-order valence-electron chi connectivity index (χ2n) is 9.40. The van der Waals surface area contributed by atoms with Crippen LogP contribution in [0.5, 0.6) is 11.5 Å². The standard InChI is InChI=1S/C28H28N4O5S/c1-16(2)10-13-37-19-9-8-18(15-20(19)36-4)24-22(26(34)27(35)32(24)28-29-11-14-38-28)25(33)23-17(3)30-21-7-5-6-12-31(21)23/h5-9,11-12,14-16,24,33H,10,13H2,1-4H3. The molecule has 0 bridgehead atoms.